The molecule has 0 bridgehead atoms. The molecule has 7 aromatic carbocycles. The van der Waals surface area contributed by atoms with Gasteiger partial charge < -0.3 is 14.2 Å². The van der Waals surface area contributed by atoms with Crippen molar-refractivity contribution in [1.29, 1.82) is 0 Å². The number of benzene rings is 7. The Morgan fingerprint density at radius 3 is 0.943 bits per heavy atom. The summed E-state index contributed by atoms with van der Waals surface area (Å²) in [7, 11) is 0. The number of carbonyl (C=O) groups is 2. The molecule has 0 fully saturated rings. The molecule has 7 rings (SSSR count). The lowest BCUT2D eigenvalue weighted by molar-refractivity contribution is 0.103. The molecule has 0 saturated carbocycles. The summed E-state index contributed by atoms with van der Waals surface area (Å²) in [6.07, 6.45) is 0. The number of hydrogen-bond acceptors (Lipinski definition) is 5. The van der Waals surface area contributed by atoms with Crippen LogP contribution >= 0.6 is 46.4 Å². The highest BCUT2D eigenvalue weighted by Gasteiger charge is 2.15. The third kappa shape index (κ3) is 10.3. The minimum atomic E-state index is -0.198. The molecule has 0 atom stereocenters. The van der Waals surface area contributed by atoms with Crippen molar-refractivity contribution in [2.75, 3.05) is 0 Å². The molecule has 7 aromatic rings. The van der Waals surface area contributed by atoms with E-state index in [1.165, 1.54) is 0 Å². The minimum Gasteiger partial charge on any atom is -0.457 e. The van der Waals surface area contributed by atoms with Gasteiger partial charge in [0.25, 0.3) is 0 Å². The molecule has 0 aliphatic rings. The zero-order chi connectivity index (χ0) is 37.2. The van der Waals surface area contributed by atoms with Gasteiger partial charge in [-0.2, -0.15) is 0 Å². The molecule has 0 N–H and O–H groups in total. The number of ketones is 2. The number of hydrogen-bond donors (Lipinski definition) is 0. The van der Waals surface area contributed by atoms with Gasteiger partial charge >= 0.3 is 0 Å². The minimum absolute atomic E-state index is 0.177. The molecule has 0 saturated heterocycles. The van der Waals surface area contributed by atoms with Crippen molar-refractivity contribution < 1.29 is 23.8 Å². The van der Waals surface area contributed by atoms with E-state index in [0.717, 1.165) is 11.5 Å². The number of para-hydroxylation sites is 2. The second kappa shape index (κ2) is 17.8. The van der Waals surface area contributed by atoms with E-state index in [4.69, 9.17) is 60.6 Å². The Hall–Kier alpha value is -5.56. The third-order valence-electron chi connectivity index (χ3n) is 7.60. The quantitative estimate of drug-likeness (QED) is 0.129. The predicted octanol–water partition coefficient (Wildman–Crippen LogP) is 13.8. The van der Waals surface area contributed by atoms with Crippen molar-refractivity contribution in [1.82, 2.24) is 0 Å². The van der Waals surface area contributed by atoms with Crippen LogP contribution in [-0.4, -0.2) is 11.6 Å². The van der Waals surface area contributed by atoms with Crippen LogP contribution in [0.4, 0.5) is 0 Å². The second-order valence-corrected chi connectivity index (χ2v) is 13.0. The van der Waals surface area contributed by atoms with Crippen molar-refractivity contribution in [3.63, 3.8) is 0 Å². The maximum atomic E-state index is 12.7. The average molecular weight is 779 g/mol. The molecule has 9 heteroatoms. The molecule has 0 spiro atoms. The third-order valence-corrected chi connectivity index (χ3v) is 8.73. The van der Waals surface area contributed by atoms with Crippen LogP contribution < -0.4 is 14.2 Å². The van der Waals surface area contributed by atoms with Gasteiger partial charge in [0.05, 0.1) is 10.0 Å². The van der Waals surface area contributed by atoms with Crippen LogP contribution in [0.15, 0.2) is 170 Å². The molecule has 0 heterocycles. The predicted molar refractivity (Wildman–Crippen MR) is 212 cm³/mol. The van der Waals surface area contributed by atoms with E-state index in [-0.39, 0.29) is 11.6 Å². The summed E-state index contributed by atoms with van der Waals surface area (Å²) >= 11 is 24.1. The Morgan fingerprint density at radius 1 is 0.340 bits per heavy atom. The second-order valence-electron chi connectivity index (χ2n) is 11.4. The van der Waals surface area contributed by atoms with Gasteiger partial charge in [-0.3, -0.25) is 9.59 Å². The first-order chi connectivity index (χ1) is 25.7. The Balaban J connectivity index is 0.000000188. The van der Waals surface area contributed by atoms with Crippen LogP contribution in [-0.2, 0) is 0 Å². The van der Waals surface area contributed by atoms with E-state index >= 15 is 0 Å². The van der Waals surface area contributed by atoms with Crippen LogP contribution in [0.25, 0.3) is 0 Å². The maximum absolute atomic E-state index is 12.7. The van der Waals surface area contributed by atoms with Crippen molar-refractivity contribution >= 4 is 58.0 Å². The molecule has 0 radical (unpaired) electrons. The fourth-order valence-electron chi connectivity index (χ4n) is 4.96. The first-order valence-corrected chi connectivity index (χ1v) is 17.7. The number of halogens is 4. The monoisotopic (exact) mass is 776 g/mol. The molecular formula is C44H28Cl4O5. The molecular weight excluding hydrogens is 750 g/mol. The normalized spacial score (nSPS) is 10.4. The van der Waals surface area contributed by atoms with E-state index in [9.17, 15) is 9.59 Å². The molecule has 262 valence electrons. The summed E-state index contributed by atoms with van der Waals surface area (Å²) in [5.41, 5.74) is 1.77. The van der Waals surface area contributed by atoms with E-state index in [0.29, 0.717) is 65.3 Å². The van der Waals surface area contributed by atoms with Crippen molar-refractivity contribution in [3.05, 3.63) is 212 Å². The van der Waals surface area contributed by atoms with Crippen molar-refractivity contribution in [2.24, 2.45) is 0 Å². The number of carbonyl (C=O) groups excluding carboxylic acids is 2. The number of rotatable bonds is 10. The highest BCUT2D eigenvalue weighted by molar-refractivity contribution is 6.37. The highest BCUT2D eigenvalue weighted by atomic mass is 35.5. The lowest BCUT2D eigenvalue weighted by Crippen LogP contribution is -2.02. The summed E-state index contributed by atoms with van der Waals surface area (Å²) in [6.45, 7) is 0. The van der Waals surface area contributed by atoms with Gasteiger partial charge in [-0.25, -0.2) is 0 Å². The smallest absolute Gasteiger partial charge is 0.194 e. The van der Waals surface area contributed by atoms with Gasteiger partial charge in [-0.15, -0.1) is 0 Å². The summed E-state index contributed by atoms with van der Waals surface area (Å²) in [5, 5.41) is 1.68. The Morgan fingerprint density at radius 2 is 0.623 bits per heavy atom. The van der Waals surface area contributed by atoms with Gasteiger partial charge in [0.1, 0.15) is 34.5 Å². The number of ether oxygens (including phenoxy) is 3. The summed E-state index contributed by atoms with van der Waals surface area (Å²) < 4.78 is 17.3. The van der Waals surface area contributed by atoms with Crippen LogP contribution in [0, 0.1) is 0 Å². The van der Waals surface area contributed by atoms with Crippen LogP contribution in [0.2, 0.25) is 20.1 Å². The van der Waals surface area contributed by atoms with Gasteiger partial charge in [0.15, 0.2) is 11.6 Å². The zero-order valence-corrected chi connectivity index (χ0v) is 30.7. The maximum Gasteiger partial charge on any atom is 0.194 e. The lowest BCUT2D eigenvalue weighted by Gasteiger charge is -2.09. The topological polar surface area (TPSA) is 61.8 Å². The molecule has 0 aliphatic carbocycles. The summed E-state index contributed by atoms with van der Waals surface area (Å²) in [4.78, 5) is 25.2. The molecule has 0 aromatic heterocycles. The van der Waals surface area contributed by atoms with Crippen molar-refractivity contribution in [3.8, 4) is 34.5 Å². The Bertz CT molecular complexity index is 2310. The fraction of sp³-hybridized carbons (Fsp3) is 0. The zero-order valence-electron chi connectivity index (χ0n) is 27.7. The fourth-order valence-corrected chi connectivity index (χ4v) is 5.71. The van der Waals surface area contributed by atoms with Gasteiger partial charge in [0.2, 0.25) is 0 Å². The van der Waals surface area contributed by atoms with Gasteiger partial charge in [-0.1, -0.05) is 82.8 Å². The van der Waals surface area contributed by atoms with Gasteiger partial charge in [0, 0.05) is 32.3 Å². The standard InChI is InChI=1S/C25H16Cl2O3.C19H12Cl2O2/c26-18-8-15-24(27)23(16-18)25(28)17-6-9-20(10-7-17)30-22-13-11-21(12-14-22)29-19-4-2-1-3-5-19;20-14-8-11-18(21)17(12-14)19(22)13-6-9-16(10-7-13)23-15-4-2-1-3-5-15/h1-16H;1-12H. The van der Waals surface area contributed by atoms with E-state index in [1.807, 2.05) is 84.9 Å². The van der Waals surface area contributed by atoms with Gasteiger partial charge in [-0.05, 0) is 133 Å². The Kier molecular flexibility index (Phi) is 12.5. The van der Waals surface area contributed by atoms with Crippen LogP contribution in [0.5, 0.6) is 34.5 Å². The largest absolute Gasteiger partial charge is 0.457 e. The highest BCUT2D eigenvalue weighted by Crippen LogP contribution is 2.29. The van der Waals surface area contributed by atoms with Crippen molar-refractivity contribution in [2.45, 2.75) is 0 Å². The first-order valence-electron chi connectivity index (χ1n) is 16.2. The Labute approximate surface area is 326 Å². The molecule has 0 amide bonds. The van der Waals surface area contributed by atoms with E-state index in [2.05, 4.69) is 0 Å². The average Bonchev–Trinajstić information content (AvgIpc) is 3.19. The van der Waals surface area contributed by atoms with E-state index in [1.54, 1.807) is 84.9 Å². The summed E-state index contributed by atoms with van der Waals surface area (Å²) in [5.74, 6) is 3.78. The molecule has 0 aliphatic heterocycles. The molecule has 53 heavy (non-hydrogen) atoms. The molecule has 0 unspecified atom stereocenters. The van der Waals surface area contributed by atoms with E-state index < -0.39 is 0 Å². The SMILES string of the molecule is O=C(c1ccc(Oc2ccc(Oc3ccccc3)cc2)cc1)c1cc(Cl)ccc1Cl.O=C(c1ccc(Oc2ccccc2)cc1)c1cc(Cl)ccc1Cl. The van der Waals surface area contributed by atoms with Crippen LogP contribution in [0.3, 0.4) is 0 Å². The van der Waals surface area contributed by atoms with Crippen LogP contribution in [0.1, 0.15) is 31.8 Å². The summed E-state index contributed by atoms with van der Waals surface area (Å²) in [6, 6.07) is 49.8. The lowest BCUT2D eigenvalue weighted by atomic mass is 10.0. The molecule has 5 nitrogen and oxygen atoms in total. The first kappa shape index (κ1) is 37.2.